The van der Waals surface area contributed by atoms with Crippen molar-refractivity contribution >= 4 is 27.4 Å². The van der Waals surface area contributed by atoms with Crippen LogP contribution in [0.25, 0.3) is 0 Å². The number of ether oxygens (including phenoxy) is 1. The molecule has 1 fully saturated rings. The van der Waals surface area contributed by atoms with Gasteiger partial charge in [0, 0.05) is 23.3 Å². The molecule has 0 amide bonds. The van der Waals surface area contributed by atoms with Crippen molar-refractivity contribution in [1.82, 2.24) is 4.98 Å². The van der Waals surface area contributed by atoms with Crippen LogP contribution in [0.15, 0.2) is 16.7 Å². The van der Waals surface area contributed by atoms with Gasteiger partial charge in [-0.05, 0) is 29.8 Å². The topological polar surface area (TPSA) is 68.5 Å². The lowest BCUT2D eigenvalue weighted by Gasteiger charge is -2.37. The summed E-state index contributed by atoms with van der Waals surface area (Å²) in [7, 11) is 0. The predicted octanol–water partition coefficient (Wildman–Crippen LogP) is 2.37. The molecule has 0 N–H and O–H groups in total. The van der Waals surface area contributed by atoms with Gasteiger partial charge in [-0.15, -0.1) is 0 Å². The number of halogens is 1. The van der Waals surface area contributed by atoms with Crippen molar-refractivity contribution in [2.45, 2.75) is 26.0 Å². The molecule has 2 rings (SSSR count). The molecule has 1 saturated heterocycles. The summed E-state index contributed by atoms with van der Waals surface area (Å²) in [4.78, 5) is 16.8. The fraction of sp³-hybridized carbons (Fsp3) is 0.545. The Labute approximate surface area is 113 Å². The van der Waals surface area contributed by atoms with Crippen molar-refractivity contribution < 1.29 is 9.66 Å². The van der Waals surface area contributed by atoms with Crippen LogP contribution in [0.3, 0.4) is 0 Å². The van der Waals surface area contributed by atoms with E-state index in [-0.39, 0.29) is 17.8 Å². The van der Waals surface area contributed by atoms with E-state index in [1.807, 2.05) is 18.7 Å². The van der Waals surface area contributed by atoms with Gasteiger partial charge in [0.05, 0.1) is 23.7 Å². The van der Waals surface area contributed by atoms with Crippen LogP contribution in [-0.4, -0.2) is 35.2 Å². The van der Waals surface area contributed by atoms with Crippen molar-refractivity contribution in [2.24, 2.45) is 0 Å². The molecule has 1 aromatic heterocycles. The summed E-state index contributed by atoms with van der Waals surface area (Å²) in [6.07, 6.45) is 1.63. The highest BCUT2D eigenvalue weighted by molar-refractivity contribution is 9.10. The Morgan fingerprint density at radius 1 is 1.61 bits per heavy atom. The number of rotatable bonds is 2. The molecule has 18 heavy (non-hydrogen) atoms. The number of pyridine rings is 1. The van der Waals surface area contributed by atoms with Crippen LogP contribution in [0.1, 0.15) is 13.8 Å². The van der Waals surface area contributed by atoms with E-state index in [0.717, 1.165) is 0 Å². The molecule has 0 bridgehead atoms. The third kappa shape index (κ3) is 2.62. The zero-order chi connectivity index (χ0) is 13.3. The Bertz CT molecular complexity index is 469. The average molecular weight is 316 g/mol. The number of morpholine rings is 1. The van der Waals surface area contributed by atoms with Gasteiger partial charge in [0.1, 0.15) is 0 Å². The van der Waals surface area contributed by atoms with Crippen LogP contribution >= 0.6 is 15.9 Å². The van der Waals surface area contributed by atoms with Crippen molar-refractivity contribution in [1.29, 1.82) is 0 Å². The van der Waals surface area contributed by atoms with Gasteiger partial charge in [0.2, 0.25) is 5.82 Å². The number of nitro groups is 1. The maximum absolute atomic E-state index is 11.1. The first kappa shape index (κ1) is 13.2. The van der Waals surface area contributed by atoms with E-state index in [1.54, 1.807) is 6.20 Å². The van der Waals surface area contributed by atoms with Gasteiger partial charge in [-0.25, -0.2) is 4.98 Å². The molecule has 2 atom stereocenters. The van der Waals surface area contributed by atoms with E-state index >= 15 is 0 Å². The van der Waals surface area contributed by atoms with E-state index in [0.29, 0.717) is 23.4 Å². The molecule has 0 saturated carbocycles. The van der Waals surface area contributed by atoms with Crippen molar-refractivity contribution in [3.05, 3.63) is 26.9 Å². The lowest BCUT2D eigenvalue weighted by atomic mass is 10.2. The second-order valence-corrected chi connectivity index (χ2v) is 5.31. The lowest BCUT2D eigenvalue weighted by Crippen LogP contribution is -2.48. The van der Waals surface area contributed by atoms with Crippen LogP contribution in [0.2, 0.25) is 0 Å². The summed E-state index contributed by atoms with van der Waals surface area (Å²) in [6.45, 7) is 5.08. The monoisotopic (exact) mass is 315 g/mol. The smallest absolute Gasteiger partial charge is 0.312 e. The molecule has 6 nitrogen and oxygen atoms in total. The zero-order valence-electron chi connectivity index (χ0n) is 10.2. The van der Waals surface area contributed by atoms with Gasteiger partial charge >= 0.3 is 5.69 Å². The van der Waals surface area contributed by atoms with Gasteiger partial charge in [0.25, 0.3) is 0 Å². The highest BCUT2D eigenvalue weighted by Gasteiger charge is 2.30. The third-order valence-electron chi connectivity index (χ3n) is 2.89. The lowest BCUT2D eigenvalue weighted by molar-refractivity contribution is -0.384. The molecule has 1 aliphatic heterocycles. The Hall–Kier alpha value is -1.21. The van der Waals surface area contributed by atoms with Crippen LogP contribution in [0.5, 0.6) is 0 Å². The Kier molecular flexibility index (Phi) is 3.82. The molecule has 2 unspecified atom stereocenters. The first-order chi connectivity index (χ1) is 8.49. The van der Waals surface area contributed by atoms with Crippen LogP contribution in [-0.2, 0) is 4.74 Å². The number of hydrogen-bond acceptors (Lipinski definition) is 5. The normalized spacial score (nSPS) is 24.1. The third-order valence-corrected chi connectivity index (χ3v) is 3.32. The number of anilines is 1. The van der Waals surface area contributed by atoms with E-state index in [4.69, 9.17) is 4.74 Å². The van der Waals surface area contributed by atoms with E-state index in [1.165, 1.54) is 6.07 Å². The fourth-order valence-corrected chi connectivity index (χ4v) is 2.29. The standard InChI is InChI=1S/C11H14BrN3O3/c1-7-6-18-8(2)5-14(7)11-10(15(16)17)3-9(12)4-13-11/h3-4,7-8H,5-6H2,1-2H3. The maximum Gasteiger partial charge on any atom is 0.312 e. The highest BCUT2D eigenvalue weighted by atomic mass is 79.9. The summed E-state index contributed by atoms with van der Waals surface area (Å²) >= 11 is 3.21. The first-order valence-corrected chi connectivity index (χ1v) is 6.46. The number of hydrogen-bond donors (Lipinski definition) is 0. The van der Waals surface area contributed by atoms with Gasteiger partial charge in [0.15, 0.2) is 0 Å². The quantitative estimate of drug-likeness (QED) is 0.619. The SMILES string of the molecule is CC1CN(c2ncc(Br)cc2[N+](=O)[O-])C(C)CO1. The fourth-order valence-electron chi connectivity index (χ4n) is 1.98. The van der Waals surface area contributed by atoms with Crippen molar-refractivity contribution in [3.8, 4) is 0 Å². The molecule has 1 aromatic rings. The number of nitrogens with zero attached hydrogens (tertiary/aromatic N) is 3. The summed E-state index contributed by atoms with van der Waals surface area (Å²) in [6, 6.07) is 1.56. The van der Waals surface area contributed by atoms with E-state index < -0.39 is 4.92 Å². The van der Waals surface area contributed by atoms with Gasteiger partial charge in [-0.3, -0.25) is 10.1 Å². The summed E-state index contributed by atoms with van der Waals surface area (Å²) in [5.74, 6) is 0.408. The molecule has 0 spiro atoms. The molecule has 0 radical (unpaired) electrons. The minimum atomic E-state index is -0.403. The maximum atomic E-state index is 11.1. The first-order valence-electron chi connectivity index (χ1n) is 5.67. The largest absolute Gasteiger partial charge is 0.375 e. The molecule has 2 heterocycles. The number of aromatic nitrogens is 1. The highest BCUT2D eigenvalue weighted by Crippen LogP contribution is 2.31. The van der Waals surface area contributed by atoms with Gasteiger partial charge in [-0.1, -0.05) is 0 Å². The van der Waals surface area contributed by atoms with Crippen LogP contribution < -0.4 is 4.90 Å². The average Bonchev–Trinajstić information content (AvgIpc) is 2.32. The van der Waals surface area contributed by atoms with Crippen LogP contribution in [0, 0.1) is 10.1 Å². The van der Waals surface area contributed by atoms with Crippen LogP contribution in [0.4, 0.5) is 11.5 Å². The van der Waals surface area contributed by atoms with E-state index in [2.05, 4.69) is 20.9 Å². The minimum absolute atomic E-state index is 0.0188. The Balaban J connectivity index is 2.40. The molecule has 98 valence electrons. The molecular weight excluding hydrogens is 302 g/mol. The zero-order valence-corrected chi connectivity index (χ0v) is 11.8. The van der Waals surface area contributed by atoms with Crippen molar-refractivity contribution in [2.75, 3.05) is 18.1 Å². The van der Waals surface area contributed by atoms with Crippen molar-refractivity contribution in [3.63, 3.8) is 0 Å². The second kappa shape index (κ2) is 5.19. The molecule has 7 heteroatoms. The predicted molar refractivity (Wildman–Crippen MR) is 70.8 cm³/mol. The molecule has 0 aliphatic carbocycles. The summed E-state index contributed by atoms with van der Waals surface area (Å²) in [5.41, 5.74) is 0.0188. The molecular formula is C11H14BrN3O3. The molecule has 0 aromatic carbocycles. The van der Waals surface area contributed by atoms with Gasteiger partial charge in [-0.2, -0.15) is 0 Å². The summed E-state index contributed by atoms with van der Waals surface area (Å²) in [5, 5.41) is 11.1. The Morgan fingerprint density at radius 3 is 3.00 bits per heavy atom. The van der Waals surface area contributed by atoms with E-state index in [9.17, 15) is 10.1 Å². The minimum Gasteiger partial charge on any atom is -0.375 e. The molecule has 1 aliphatic rings. The summed E-state index contributed by atoms with van der Waals surface area (Å²) < 4.78 is 6.12. The Morgan fingerprint density at radius 2 is 2.33 bits per heavy atom. The van der Waals surface area contributed by atoms with Gasteiger partial charge < -0.3 is 9.64 Å². The second-order valence-electron chi connectivity index (χ2n) is 4.40.